The summed E-state index contributed by atoms with van der Waals surface area (Å²) in [7, 11) is 0. The Kier molecular flexibility index (Phi) is 5.76. The second-order valence-electron chi connectivity index (χ2n) is 5.29. The number of aromatic nitrogens is 1. The molecule has 1 heterocycles. The van der Waals surface area contributed by atoms with Crippen molar-refractivity contribution in [2.45, 2.75) is 20.8 Å². The number of H-pyrrole nitrogens is 1. The van der Waals surface area contributed by atoms with Crippen molar-refractivity contribution >= 4 is 45.9 Å². The predicted octanol–water partition coefficient (Wildman–Crippen LogP) is 3.23. The average molecular weight is 440 g/mol. The summed E-state index contributed by atoms with van der Waals surface area (Å²) in [6.45, 7) is 4.41. The van der Waals surface area contributed by atoms with Gasteiger partial charge in [0.05, 0.1) is 5.69 Å². The van der Waals surface area contributed by atoms with Gasteiger partial charge in [0.2, 0.25) is 0 Å². The molecule has 24 heavy (non-hydrogen) atoms. The first-order chi connectivity index (χ1) is 11.3. The van der Waals surface area contributed by atoms with Crippen LogP contribution in [0.4, 0.5) is 5.69 Å². The summed E-state index contributed by atoms with van der Waals surface area (Å²) >= 11 is 2.10. The Morgan fingerprint density at radius 1 is 1.21 bits per heavy atom. The molecular formula is C17H17IN2O4. The number of esters is 1. The molecule has 0 aliphatic carbocycles. The first kappa shape index (κ1) is 18.2. The van der Waals surface area contributed by atoms with Crippen molar-refractivity contribution < 1.29 is 19.1 Å². The maximum atomic E-state index is 12.1. The summed E-state index contributed by atoms with van der Waals surface area (Å²) in [6, 6.07) is 7.29. The minimum absolute atomic E-state index is 0.128. The highest BCUT2D eigenvalue weighted by molar-refractivity contribution is 14.1. The molecule has 1 aromatic heterocycles. The van der Waals surface area contributed by atoms with Crippen LogP contribution in [0.1, 0.15) is 39.0 Å². The quantitative estimate of drug-likeness (QED) is 0.425. The molecule has 2 N–H and O–H groups in total. The van der Waals surface area contributed by atoms with Crippen LogP contribution < -0.4 is 5.32 Å². The summed E-state index contributed by atoms with van der Waals surface area (Å²) < 4.78 is 5.92. The van der Waals surface area contributed by atoms with E-state index in [0.717, 1.165) is 3.57 Å². The van der Waals surface area contributed by atoms with Gasteiger partial charge in [0.15, 0.2) is 12.4 Å². The van der Waals surface area contributed by atoms with Crippen LogP contribution in [0.15, 0.2) is 24.3 Å². The number of nitrogens with one attached hydrogen (secondary N) is 2. The van der Waals surface area contributed by atoms with Gasteiger partial charge < -0.3 is 15.0 Å². The van der Waals surface area contributed by atoms with Crippen LogP contribution in [0.5, 0.6) is 0 Å². The number of amides is 1. The second-order valence-corrected chi connectivity index (χ2v) is 6.45. The van der Waals surface area contributed by atoms with Gasteiger partial charge in [-0.05, 0) is 61.1 Å². The van der Waals surface area contributed by atoms with Crippen molar-refractivity contribution in [2.75, 3.05) is 11.9 Å². The van der Waals surface area contributed by atoms with Crippen LogP contribution >= 0.6 is 22.6 Å². The zero-order chi connectivity index (χ0) is 17.9. The monoisotopic (exact) mass is 440 g/mol. The molecule has 1 aromatic carbocycles. The number of hydrogen-bond donors (Lipinski definition) is 2. The number of halogens is 1. The largest absolute Gasteiger partial charge is 0.451 e. The van der Waals surface area contributed by atoms with E-state index in [1.54, 1.807) is 26.0 Å². The third kappa shape index (κ3) is 4.02. The standard InChI is InChI=1S/C17H17IN2O4/c1-9-15(11(3)21)10(2)19-16(9)17(23)24-8-14(22)20-13-7-5-4-6-12(13)18/h4-7,19H,8H2,1-3H3,(H,20,22). The Morgan fingerprint density at radius 2 is 1.88 bits per heavy atom. The fraction of sp³-hybridized carbons (Fsp3) is 0.235. The number of rotatable bonds is 5. The number of carbonyl (C=O) groups excluding carboxylic acids is 3. The van der Waals surface area contributed by atoms with E-state index in [4.69, 9.17) is 4.74 Å². The number of aromatic amines is 1. The van der Waals surface area contributed by atoms with E-state index in [1.165, 1.54) is 6.92 Å². The van der Waals surface area contributed by atoms with Crippen molar-refractivity contribution in [2.24, 2.45) is 0 Å². The molecule has 0 bridgehead atoms. The van der Waals surface area contributed by atoms with Crippen molar-refractivity contribution in [1.29, 1.82) is 0 Å². The zero-order valence-corrected chi connectivity index (χ0v) is 15.7. The number of Topliss-reactive ketones (excluding diaryl/α,β-unsaturated/α-hetero) is 1. The number of aryl methyl sites for hydroxylation is 1. The highest BCUT2D eigenvalue weighted by atomic mass is 127. The number of para-hydroxylation sites is 1. The molecular weight excluding hydrogens is 423 g/mol. The maximum absolute atomic E-state index is 12.1. The molecule has 0 aliphatic rings. The van der Waals surface area contributed by atoms with Gasteiger partial charge >= 0.3 is 5.97 Å². The number of hydrogen-bond acceptors (Lipinski definition) is 4. The van der Waals surface area contributed by atoms with Crippen LogP contribution in [-0.2, 0) is 9.53 Å². The fourth-order valence-corrected chi connectivity index (χ4v) is 2.96. The molecule has 126 valence electrons. The second kappa shape index (κ2) is 7.61. The highest BCUT2D eigenvalue weighted by Crippen LogP contribution is 2.19. The van der Waals surface area contributed by atoms with E-state index < -0.39 is 18.5 Å². The molecule has 2 rings (SSSR count). The Bertz CT molecular complexity index is 811. The SMILES string of the molecule is CC(=O)c1c(C)[nH]c(C(=O)OCC(=O)Nc2ccccc2I)c1C. The lowest BCUT2D eigenvalue weighted by atomic mass is 10.1. The van der Waals surface area contributed by atoms with Gasteiger partial charge in [-0.1, -0.05) is 12.1 Å². The van der Waals surface area contributed by atoms with Gasteiger partial charge in [-0.2, -0.15) is 0 Å². The Balaban J connectivity index is 2.01. The average Bonchev–Trinajstić information content (AvgIpc) is 2.82. The van der Waals surface area contributed by atoms with Crippen LogP contribution in [0.25, 0.3) is 0 Å². The Morgan fingerprint density at radius 3 is 2.46 bits per heavy atom. The van der Waals surface area contributed by atoms with Crippen LogP contribution in [0.2, 0.25) is 0 Å². The number of anilines is 1. The highest BCUT2D eigenvalue weighted by Gasteiger charge is 2.21. The van der Waals surface area contributed by atoms with Crippen LogP contribution in [0, 0.1) is 17.4 Å². The van der Waals surface area contributed by atoms with Crippen molar-refractivity contribution in [3.63, 3.8) is 0 Å². The summed E-state index contributed by atoms with van der Waals surface area (Å²) in [5, 5.41) is 2.68. The van der Waals surface area contributed by atoms with Gasteiger partial charge in [0, 0.05) is 14.8 Å². The van der Waals surface area contributed by atoms with Crippen LogP contribution in [0.3, 0.4) is 0 Å². The van der Waals surface area contributed by atoms with E-state index >= 15 is 0 Å². The van der Waals surface area contributed by atoms with E-state index in [2.05, 4.69) is 32.9 Å². The van der Waals surface area contributed by atoms with Gasteiger partial charge in [0.1, 0.15) is 5.69 Å². The first-order valence-electron chi connectivity index (χ1n) is 7.23. The number of carbonyl (C=O) groups is 3. The van der Waals surface area contributed by atoms with Gasteiger partial charge in [0.25, 0.3) is 5.91 Å². The topological polar surface area (TPSA) is 88.3 Å². The lowest BCUT2D eigenvalue weighted by Crippen LogP contribution is -2.21. The Hall–Kier alpha value is -2.16. The third-order valence-electron chi connectivity index (χ3n) is 3.48. The molecule has 0 atom stereocenters. The minimum Gasteiger partial charge on any atom is -0.451 e. The number of ketones is 1. The predicted molar refractivity (Wildman–Crippen MR) is 98.3 cm³/mol. The molecule has 0 saturated carbocycles. The Labute approximate surface area is 153 Å². The lowest BCUT2D eigenvalue weighted by molar-refractivity contribution is -0.119. The minimum atomic E-state index is -0.666. The zero-order valence-electron chi connectivity index (χ0n) is 13.5. The number of ether oxygens (including phenoxy) is 1. The molecule has 0 saturated heterocycles. The maximum Gasteiger partial charge on any atom is 0.355 e. The molecule has 0 unspecified atom stereocenters. The molecule has 6 nitrogen and oxygen atoms in total. The van der Waals surface area contributed by atoms with Crippen molar-refractivity contribution in [1.82, 2.24) is 4.98 Å². The molecule has 2 aromatic rings. The fourth-order valence-electron chi connectivity index (χ4n) is 2.43. The summed E-state index contributed by atoms with van der Waals surface area (Å²) in [5.74, 6) is -1.22. The summed E-state index contributed by atoms with van der Waals surface area (Å²) in [5.41, 5.74) is 2.47. The van der Waals surface area contributed by atoms with Crippen molar-refractivity contribution in [3.05, 3.63) is 50.4 Å². The molecule has 0 fully saturated rings. The van der Waals surface area contributed by atoms with Gasteiger partial charge in [-0.15, -0.1) is 0 Å². The van der Waals surface area contributed by atoms with E-state index in [-0.39, 0.29) is 11.5 Å². The normalized spacial score (nSPS) is 10.3. The summed E-state index contributed by atoms with van der Waals surface area (Å²) in [6.07, 6.45) is 0. The smallest absolute Gasteiger partial charge is 0.355 e. The van der Waals surface area contributed by atoms with Crippen LogP contribution in [-0.4, -0.2) is 29.3 Å². The molecule has 7 heteroatoms. The summed E-state index contributed by atoms with van der Waals surface area (Å²) in [4.78, 5) is 38.5. The molecule has 0 radical (unpaired) electrons. The third-order valence-corrected chi connectivity index (χ3v) is 4.42. The van der Waals surface area contributed by atoms with E-state index in [1.807, 2.05) is 12.1 Å². The molecule has 1 amide bonds. The van der Waals surface area contributed by atoms with Crippen molar-refractivity contribution in [3.8, 4) is 0 Å². The van der Waals surface area contributed by atoms with Gasteiger partial charge in [-0.3, -0.25) is 9.59 Å². The number of benzene rings is 1. The van der Waals surface area contributed by atoms with E-state index in [0.29, 0.717) is 22.5 Å². The van der Waals surface area contributed by atoms with E-state index in [9.17, 15) is 14.4 Å². The molecule has 0 aliphatic heterocycles. The lowest BCUT2D eigenvalue weighted by Gasteiger charge is -2.08. The first-order valence-corrected chi connectivity index (χ1v) is 8.30. The molecule has 0 spiro atoms. The van der Waals surface area contributed by atoms with Gasteiger partial charge in [-0.25, -0.2) is 4.79 Å².